The molecular formula is C22H21NO3. The number of hydrogen-bond acceptors (Lipinski definition) is 4. The molecule has 1 heterocycles. The summed E-state index contributed by atoms with van der Waals surface area (Å²) in [5.74, 6) is 0.536. The lowest BCUT2D eigenvalue weighted by Crippen LogP contribution is -2.15. The molecule has 0 fully saturated rings. The maximum atomic E-state index is 12.8. The molecule has 1 aliphatic carbocycles. The fourth-order valence-electron chi connectivity index (χ4n) is 3.52. The Bertz CT molecular complexity index is 965. The Morgan fingerprint density at radius 2 is 1.85 bits per heavy atom. The number of para-hydroxylation sites is 2. The Kier molecular flexibility index (Phi) is 4.57. The van der Waals surface area contributed by atoms with E-state index in [-0.39, 0.29) is 12.6 Å². The zero-order chi connectivity index (χ0) is 17.9. The summed E-state index contributed by atoms with van der Waals surface area (Å²) < 4.78 is 11.2. The first-order valence-electron chi connectivity index (χ1n) is 9.00. The molecule has 4 heteroatoms. The lowest BCUT2D eigenvalue weighted by molar-refractivity contribution is 0.0451. The van der Waals surface area contributed by atoms with Crippen molar-refractivity contribution < 1.29 is 14.3 Å². The molecule has 1 aliphatic rings. The zero-order valence-electron chi connectivity index (χ0n) is 14.8. The van der Waals surface area contributed by atoms with E-state index in [9.17, 15) is 4.79 Å². The van der Waals surface area contributed by atoms with E-state index in [4.69, 9.17) is 14.5 Å². The van der Waals surface area contributed by atoms with Crippen molar-refractivity contribution in [1.29, 1.82) is 0 Å². The normalized spacial score (nSPS) is 12.8. The topological polar surface area (TPSA) is 48.4 Å². The Hall–Kier alpha value is -2.88. The lowest BCUT2D eigenvalue weighted by atomic mass is 10.0. The molecule has 26 heavy (non-hydrogen) atoms. The van der Waals surface area contributed by atoms with Crippen molar-refractivity contribution in [3.8, 4) is 5.75 Å². The van der Waals surface area contributed by atoms with Crippen LogP contribution in [0.5, 0.6) is 5.75 Å². The molecule has 132 valence electrons. The minimum atomic E-state index is -0.282. The van der Waals surface area contributed by atoms with Gasteiger partial charge in [-0.05, 0) is 49.4 Å². The number of fused-ring (bicyclic) bond motifs is 2. The highest BCUT2D eigenvalue weighted by molar-refractivity contribution is 6.05. The van der Waals surface area contributed by atoms with Gasteiger partial charge in [-0.15, -0.1) is 0 Å². The predicted molar refractivity (Wildman–Crippen MR) is 101 cm³/mol. The van der Waals surface area contributed by atoms with E-state index >= 15 is 0 Å². The van der Waals surface area contributed by atoms with E-state index in [2.05, 4.69) is 0 Å². The molecule has 0 N–H and O–H groups in total. The molecule has 0 amide bonds. The molecule has 0 radical (unpaired) electrons. The standard InChI is InChI=1S/C22H21NO3/c1-15-7-2-5-12-20(15)25-13-14-26-22(24)21-16-8-3-4-10-18(16)23-19-11-6-9-17(19)21/h2-5,7-8,10,12H,6,9,11,13-14H2,1H3. The van der Waals surface area contributed by atoms with E-state index < -0.39 is 0 Å². The van der Waals surface area contributed by atoms with Crippen LogP contribution in [-0.4, -0.2) is 24.2 Å². The number of aryl methyl sites for hydroxylation is 2. The van der Waals surface area contributed by atoms with E-state index in [0.29, 0.717) is 12.2 Å². The van der Waals surface area contributed by atoms with Crippen molar-refractivity contribution in [2.45, 2.75) is 26.2 Å². The van der Waals surface area contributed by atoms with Gasteiger partial charge in [0.1, 0.15) is 19.0 Å². The second kappa shape index (κ2) is 7.16. The molecule has 0 unspecified atom stereocenters. The number of hydrogen-bond donors (Lipinski definition) is 0. The molecule has 4 nitrogen and oxygen atoms in total. The van der Waals surface area contributed by atoms with E-state index in [1.807, 2.05) is 55.5 Å². The van der Waals surface area contributed by atoms with E-state index in [1.165, 1.54) is 0 Å². The predicted octanol–water partition coefficient (Wildman–Crippen LogP) is 4.27. The number of esters is 1. The van der Waals surface area contributed by atoms with Crippen LogP contribution in [0.3, 0.4) is 0 Å². The Labute approximate surface area is 152 Å². The first kappa shape index (κ1) is 16.6. The van der Waals surface area contributed by atoms with Crippen molar-refractivity contribution in [3.05, 3.63) is 70.9 Å². The number of ether oxygens (including phenoxy) is 2. The van der Waals surface area contributed by atoms with Crippen LogP contribution in [0.1, 0.15) is 33.6 Å². The van der Waals surface area contributed by atoms with Crippen molar-refractivity contribution in [3.63, 3.8) is 0 Å². The molecule has 2 aromatic carbocycles. The molecule has 0 atom stereocenters. The summed E-state index contributed by atoms with van der Waals surface area (Å²) in [6, 6.07) is 15.6. The van der Waals surface area contributed by atoms with Crippen LogP contribution in [0.2, 0.25) is 0 Å². The number of benzene rings is 2. The maximum absolute atomic E-state index is 12.8. The van der Waals surface area contributed by atoms with Gasteiger partial charge < -0.3 is 9.47 Å². The summed E-state index contributed by atoms with van der Waals surface area (Å²) in [7, 11) is 0. The average Bonchev–Trinajstić information content (AvgIpc) is 3.12. The highest BCUT2D eigenvalue weighted by Gasteiger charge is 2.24. The lowest BCUT2D eigenvalue weighted by Gasteiger charge is -2.13. The Balaban J connectivity index is 1.49. The van der Waals surface area contributed by atoms with Gasteiger partial charge in [0.15, 0.2) is 0 Å². The van der Waals surface area contributed by atoms with Gasteiger partial charge >= 0.3 is 5.97 Å². The number of pyridine rings is 1. The molecular weight excluding hydrogens is 326 g/mol. The fourth-order valence-corrected chi connectivity index (χ4v) is 3.52. The van der Waals surface area contributed by atoms with Gasteiger partial charge in [0.25, 0.3) is 0 Å². The molecule has 0 bridgehead atoms. The largest absolute Gasteiger partial charge is 0.490 e. The average molecular weight is 347 g/mol. The molecule has 0 aliphatic heterocycles. The van der Waals surface area contributed by atoms with Crippen LogP contribution < -0.4 is 4.74 Å². The Morgan fingerprint density at radius 3 is 2.73 bits per heavy atom. The van der Waals surface area contributed by atoms with Gasteiger partial charge in [-0.25, -0.2) is 4.79 Å². The third kappa shape index (κ3) is 3.15. The summed E-state index contributed by atoms with van der Waals surface area (Å²) in [6.45, 7) is 2.55. The molecule has 3 aromatic rings. The van der Waals surface area contributed by atoms with Crippen LogP contribution >= 0.6 is 0 Å². The van der Waals surface area contributed by atoms with Crippen molar-refractivity contribution >= 4 is 16.9 Å². The summed E-state index contributed by atoms with van der Waals surface area (Å²) >= 11 is 0. The van der Waals surface area contributed by atoms with Crippen LogP contribution in [0, 0.1) is 6.92 Å². The molecule has 0 saturated carbocycles. The molecule has 1 aromatic heterocycles. The second-order valence-electron chi connectivity index (χ2n) is 6.53. The first-order chi connectivity index (χ1) is 12.7. The first-order valence-corrected chi connectivity index (χ1v) is 9.00. The smallest absolute Gasteiger partial charge is 0.339 e. The van der Waals surface area contributed by atoms with Gasteiger partial charge in [-0.1, -0.05) is 36.4 Å². The minimum absolute atomic E-state index is 0.221. The van der Waals surface area contributed by atoms with Gasteiger partial charge in [-0.2, -0.15) is 0 Å². The summed E-state index contributed by atoms with van der Waals surface area (Å²) in [4.78, 5) is 17.5. The second-order valence-corrected chi connectivity index (χ2v) is 6.53. The quantitative estimate of drug-likeness (QED) is 0.511. The zero-order valence-corrected chi connectivity index (χ0v) is 14.8. The number of nitrogens with zero attached hydrogens (tertiary/aromatic N) is 1. The number of carbonyl (C=O) groups excluding carboxylic acids is 1. The summed E-state index contributed by atoms with van der Waals surface area (Å²) in [5, 5.41) is 0.873. The maximum Gasteiger partial charge on any atom is 0.339 e. The van der Waals surface area contributed by atoms with Crippen LogP contribution in [0.4, 0.5) is 0 Å². The van der Waals surface area contributed by atoms with E-state index in [0.717, 1.165) is 52.7 Å². The SMILES string of the molecule is Cc1ccccc1OCCOC(=O)c1c2c(nc3ccccc13)CCC2. The van der Waals surface area contributed by atoms with Crippen LogP contribution in [0.25, 0.3) is 10.9 Å². The van der Waals surface area contributed by atoms with Gasteiger partial charge in [0, 0.05) is 11.1 Å². The van der Waals surface area contributed by atoms with Crippen molar-refractivity contribution in [1.82, 2.24) is 4.98 Å². The monoisotopic (exact) mass is 347 g/mol. The minimum Gasteiger partial charge on any atom is -0.490 e. The molecule has 0 saturated heterocycles. The third-order valence-electron chi connectivity index (χ3n) is 4.79. The molecule has 4 rings (SSSR count). The van der Waals surface area contributed by atoms with Crippen LogP contribution in [0.15, 0.2) is 48.5 Å². The fraction of sp³-hybridized carbons (Fsp3) is 0.273. The van der Waals surface area contributed by atoms with Gasteiger partial charge in [0.05, 0.1) is 11.1 Å². The summed E-state index contributed by atoms with van der Waals surface area (Å²) in [5.41, 5.74) is 4.69. The van der Waals surface area contributed by atoms with Crippen molar-refractivity contribution in [2.24, 2.45) is 0 Å². The molecule has 0 spiro atoms. The van der Waals surface area contributed by atoms with Crippen molar-refractivity contribution in [2.75, 3.05) is 13.2 Å². The highest BCUT2D eigenvalue weighted by atomic mass is 16.6. The highest BCUT2D eigenvalue weighted by Crippen LogP contribution is 2.30. The van der Waals surface area contributed by atoms with Gasteiger partial charge in [-0.3, -0.25) is 4.98 Å². The number of aromatic nitrogens is 1. The Morgan fingerprint density at radius 1 is 1.04 bits per heavy atom. The van der Waals surface area contributed by atoms with E-state index in [1.54, 1.807) is 0 Å². The number of carbonyl (C=O) groups is 1. The van der Waals surface area contributed by atoms with Crippen LogP contribution in [-0.2, 0) is 17.6 Å². The number of rotatable bonds is 5. The van der Waals surface area contributed by atoms with Gasteiger partial charge in [0.2, 0.25) is 0 Å². The summed E-state index contributed by atoms with van der Waals surface area (Å²) in [6.07, 6.45) is 2.85. The third-order valence-corrected chi connectivity index (χ3v) is 4.79.